The average Bonchev–Trinajstić information content (AvgIpc) is 2.57. The first kappa shape index (κ1) is 20.4. The van der Waals surface area contributed by atoms with Gasteiger partial charge in [0.05, 0.1) is 6.04 Å². The lowest BCUT2D eigenvalue weighted by Crippen LogP contribution is -2.46. The molecule has 24 heavy (non-hydrogen) atoms. The maximum absolute atomic E-state index is 11.7. The summed E-state index contributed by atoms with van der Waals surface area (Å²) in [6.07, 6.45) is 1.59. The minimum absolute atomic E-state index is 0. The molecule has 6 nitrogen and oxygen atoms in total. The predicted octanol–water partition coefficient (Wildman–Crippen LogP) is 2.07. The summed E-state index contributed by atoms with van der Waals surface area (Å²) in [6, 6.07) is 10.2. The van der Waals surface area contributed by atoms with Gasteiger partial charge in [-0.1, -0.05) is 30.3 Å². The Hall–Kier alpha value is -1.64. The number of hydrogen-bond acceptors (Lipinski definition) is 3. The van der Waals surface area contributed by atoms with Crippen LogP contribution < -0.4 is 10.6 Å². The monoisotopic (exact) mass is 444 g/mol. The SMILES string of the molecule is CN=C(NCCN1C(=O)CCCC1=O)NC(C)c1ccccc1.I. The van der Waals surface area contributed by atoms with Crippen molar-refractivity contribution in [2.45, 2.75) is 32.2 Å². The third-order valence-corrected chi connectivity index (χ3v) is 3.89. The number of imide groups is 1. The Morgan fingerprint density at radius 1 is 1.21 bits per heavy atom. The van der Waals surface area contributed by atoms with Gasteiger partial charge in [0.2, 0.25) is 11.8 Å². The molecule has 0 aromatic heterocycles. The van der Waals surface area contributed by atoms with Crippen molar-refractivity contribution < 1.29 is 9.59 Å². The highest BCUT2D eigenvalue weighted by Crippen LogP contribution is 2.12. The summed E-state index contributed by atoms with van der Waals surface area (Å²) in [4.78, 5) is 29.0. The van der Waals surface area contributed by atoms with Crippen LogP contribution in [0.2, 0.25) is 0 Å². The van der Waals surface area contributed by atoms with Gasteiger partial charge in [0, 0.05) is 33.0 Å². The number of nitrogens with one attached hydrogen (secondary N) is 2. The number of carbonyl (C=O) groups is 2. The summed E-state index contributed by atoms with van der Waals surface area (Å²) in [5, 5.41) is 6.44. The first-order valence-electron chi connectivity index (χ1n) is 7.97. The molecule has 0 bridgehead atoms. The Morgan fingerprint density at radius 3 is 2.42 bits per heavy atom. The van der Waals surface area contributed by atoms with Gasteiger partial charge in [0.25, 0.3) is 0 Å². The molecule has 1 saturated heterocycles. The van der Waals surface area contributed by atoms with Crippen molar-refractivity contribution in [2.75, 3.05) is 20.1 Å². The number of benzene rings is 1. The van der Waals surface area contributed by atoms with Gasteiger partial charge in [-0.3, -0.25) is 19.5 Å². The number of aliphatic imine (C=N–C) groups is 1. The zero-order valence-electron chi connectivity index (χ0n) is 14.1. The number of piperidine rings is 1. The molecule has 132 valence electrons. The van der Waals surface area contributed by atoms with Crippen LogP contribution in [-0.4, -0.2) is 42.8 Å². The molecule has 1 aromatic carbocycles. The largest absolute Gasteiger partial charge is 0.355 e. The summed E-state index contributed by atoms with van der Waals surface area (Å²) < 4.78 is 0. The number of rotatable bonds is 5. The molecule has 0 radical (unpaired) electrons. The molecule has 1 atom stereocenters. The second-order valence-electron chi connectivity index (χ2n) is 5.57. The Labute approximate surface area is 160 Å². The molecular formula is C17H25IN4O2. The van der Waals surface area contributed by atoms with Gasteiger partial charge in [-0.25, -0.2) is 0 Å². The van der Waals surface area contributed by atoms with E-state index in [1.54, 1.807) is 7.05 Å². The Morgan fingerprint density at radius 2 is 1.83 bits per heavy atom. The number of amides is 2. The molecule has 2 N–H and O–H groups in total. The molecule has 1 heterocycles. The number of nitrogens with zero attached hydrogens (tertiary/aromatic N) is 2. The van der Waals surface area contributed by atoms with E-state index in [9.17, 15) is 9.59 Å². The van der Waals surface area contributed by atoms with Crippen LogP contribution in [0.3, 0.4) is 0 Å². The first-order chi connectivity index (χ1) is 11.1. The smallest absolute Gasteiger partial charge is 0.229 e. The highest BCUT2D eigenvalue weighted by atomic mass is 127. The van der Waals surface area contributed by atoms with Crippen LogP contribution in [0.15, 0.2) is 35.3 Å². The second kappa shape index (κ2) is 10.3. The zero-order valence-corrected chi connectivity index (χ0v) is 16.4. The topological polar surface area (TPSA) is 73.8 Å². The van der Waals surface area contributed by atoms with Crippen molar-refractivity contribution in [3.8, 4) is 0 Å². The summed E-state index contributed by atoms with van der Waals surface area (Å²) in [5.41, 5.74) is 1.16. The van der Waals surface area contributed by atoms with Crippen molar-refractivity contribution >= 4 is 41.8 Å². The molecule has 0 saturated carbocycles. The van der Waals surface area contributed by atoms with Gasteiger partial charge in [0.15, 0.2) is 5.96 Å². The van der Waals surface area contributed by atoms with E-state index in [4.69, 9.17) is 0 Å². The van der Waals surface area contributed by atoms with E-state index in [0.717, 1.165) is 5.56 Å². The molecule has 1 aliphatic rings. The van der Waals surface area contributed by atoms with Gasteiger partial charge in [-0.2, -0.15) is 0 Å². The molecular weight excluding hydrogens is 419 g/mol. The van der Waals surface area contributed by atoms with Crippen LogP contribution in [0.5, 0.6) is 0 Å². The fourth-order valence-electron chi connectivity index (χ4n) is 2.56. The lowest BCUT2D eigenvalue weighted by Gasteiger charge is -2.25. The van der Waals surface area contributed by atoms with Crippen molar-refractivity contribution in [2.24, 2.45) is 4.99 Å². The Bertz CT molecular complexity index is 561. The van der Waals surface area contributed by atoms with Crippen LogP contribution in [0.1, 0.15) is 37.8 Å². The number of guanidine groups is 1. The molecule has 2 rings (SSSR count). The fraction of sp³-hybridized carbons (Fsp3) is 0.471. The molecule has 0 spiro atoms. The number of hydrogen-bond donors (Lipinski definition) is 2. The van der Waals surface area contributed by atoms with E-state index in [2.05, 4.69) is 34.7 Å². The average molecular weight is 444 g/mol. The molecule has 7 heteroatoms. The fourth-order valence-corrected chi connectivity index (χ4v) is 2.56. The third-order valence-electron chi connectivity index (χ3n) is 3.89. The minimum atomic E-state index is -0.0800. The second-order valence-corrected chi connectivity index (χ2v) is 5.57. The van der Waals surface area contributed by atoms with E-state index in [1.165, 1.54) is 4.90 Å². The Kier molecular flexibility index (Phi) is 8.73. The standard InChI is InChI=1S/C17H24N4O2.HI/c1-13(14-7-4-3-5-8-14)20-17(18-2)19-11-12-21-15(22)9-6-10-16(21)23;/h3-5,7-8,13H,6,9-12H2,1-2H3,(H2,18,19,20);1H. The first-order valence-corrected chi connectivity index (χ1v) is 7.97. The van der Waals surface area contributed by atoms with Crippen LogP contribution in [-0.2, 0) is 9.59 Å². The quantitative estimate of drug-likeness (QED) is 0.316. The van der Waals surface area contributed by atoms with E-state index >= 15 is 0 Å². The maximum atomic E-state index is 11.7. The van der Waals surface area contributed by atoms with E-state index < -0.39 is 0 Å². The van der Waals surface area contributed by atoms with Crippen LogP contribution in [0, 0.1) is 0 Å². The summed E-state index contributed by atoms with van der Waals surface area (Å²) in [5.74, 6) is 0.491. The highest BCUT2D eigenvalue weighted by Gasteiger charge is 2.25. The lowest BCUT2D eigenvalue weighted by atomic mass is 10.1. The van der Waals surface area contributed by atoms with Crippen LogP contribution in [0.25, 0.3) is 0 Å². The van der Waals surface area contributed by atoms with Crippen LogP contribution >= 0.6 is 24.0 Å². The minimum Gasteiger partial charge on any atom is -0.355 e. The Balaban J connectivity index is 0.00000288. The van der Waals surface area contributed by atoms with Gasteiger partial charge in [0.1, 0.15) is 0 Å². The lowest BCUT2D eigenvalue weighted by molar-refractivity contribution is -0.147. The number of halogens is 1. The van der Waals surface area contributed by atoms with Gasteiger partial charge < -0.3 is 10.6 Å². The normalized spacial score (nSPS) is 16.4. The molecule has 1 aliphatic heterocycles. The number of carbonyl (C=O) groups excluding carboxylic acids is 2. The van der Waals surface area contributed by atoms with E-state index in [1.807, 2.05) is 18.2 Å². The summed E-state index contributed by atoms with van der Waals surface area (Å²) in [6.45, 7) is 2.91. The van der Waals surface area contributed by atoms with Crippen molar-refractivity contribution in [3.63, 3.8) is 0 Å². The predicted molar refractivity (Wildman–Crippen MR) is 105 cm³/mol. The molecule has 1 fully saturated rings. The van der Waals surface area contributed by atoms with Crippen LogP contribution in [0.4, 0.5) is 0 Å². The van der Waals surface area contributed by atoms with Crippen molar-refractivity contribution in [1.82, 2.24) is 15.5 Å². The van der Waals surface area contributed by atoms with Crippen molar-refractivity contribution in [3.05, 3.63) is 35.9 Å². The van der Waals surface area contributed by atoms with E-state index in [-0.39, 0.29) is 41.8 Å². The number of likely N-dealkylation sites (tertiary alicyclic amines) is 1. The van der Waals surface area contributed by atoms with Crippen molar-refractivity contribution in [1.29, 1.82) is 0 Å². The van der Waals surface area contributed by atoms with Gasteiger partial charge in [-0.05, 0) is 18.9 Å². The zero-order chi connectivity index (χ0) is 16.7. The summed E-state index contributed by atoms with van der Waals surface area (Å²) in [7, 11) is 1.70. The molecule has 2 amide bonds. The third kappa shape index (κ3) is 5.77. The molecule has 1 unspecified atom stereocenters. The van der Waals surface area contributed by atoms with E-state index in [0.29, 0.717) is 38.3 Å². The summed E-state index contributed by atoms with van der Waals surface area (Å²) >= 11 is 0. The maximum Gasteiger partial charge on any atom is 0.229 e. The molecule has 1 aromatic rings. The highest BCUT2D eigenvalue weighted by molar-refractivity contribution is 14.0. The molecule has 0 aliphatic carbocycles. The van der Waals surface area contributed by atoms with Gasteiger partial charge in [-0.15, -0.1) is 24.0 Å². The van der Waals surface area contributed by atoms with Gasteiger partial charge >= 0.3 is 0 Å².